The molecule has 0 heterocycles. The van der Waals surface area contributed by atoms with Crippen molar-refractivity contribution < 1.29 is 14.3 Å². The van der Waals surface area contributed by atoms with Gasteiger partial charge in [0, 0.05) is 16.8 Å². The van der Waals surface area contributed by atoms with E-state index in [9.17, 15) is 9.59 Å². The molecule has 0 saturated heterocycles. The van der Waals surface area contributed by atoms with Gasteiger partial charge >= 0.3 is 0 Å². The number of nitrogens with one attached hydrogen (secondary N) is 2. The largest absolute Gasteiger partial charge is 0.481 e. The maximum atomic E-state index is 12.5. The standard InChI is InChI=1S/C24H32N2O3/c1-16(29-20-13-11-17(12-14-20)23(2,3)4)21(27)25-18-9-8-10-19(15-18)26-22(28)24(5,6)7/h8-16H,1-7H3,(H,25,27)(H,26,28). The van der Waals surface area contributed by atoms with Gasteiger partial charge in [-0.05, 0) is 48.2 Å². The van der Waals surface area contributed by atoms with Crippen molar-refractivity contribution in [2.45, 2.75) is 60.0 Å². The zero-order chi connectivity index (χ0) is 21.8. The van der Waals surface area contributed by atoms with Crippen LogP contribution < -0.4 is 15.4 Å². The van der Waals surface area contributed by atoms with Crippen molar-refractivity contribution in [3.8, 4) is 5.75 Å². The van der Waals surface area contributed by atoms with Crippen LogP contribution in [-0.2, 0) is 15.0 Å². The predicted molar refractivity (Wildman–Crippen MR) is 118 cm³/mol. The van der Waals surface area contributed by atoms with E-state index in [-0.39, 0.29) is 17.2 Å². The minimum atomic E-state index is -0.664. The Labute approximate surface area is 173 Å². The fraction of sp³-hybridized carbons (Fsp3) is 0.417. The van der Waals surface area contributed by atoms with Crippen LogP contribution in [0.2, 0.25) is 0 Å². The molecular weight excluding hydrogens is 364 g/mol. The Morgan fingerprint density at radius 3 is 1.93 bits per heavy atom. The summed E-state index contributed by atoms with van der Waals surface area (Å²) in [5, 5.41) is 5.70. The van der Waals surface area contributed by atoms with Gasteiger partial charge in [0.15, 0.2) is 6.10 Å². The molecule has 29 heavy (non-hydrogen) atoms. The third-order valence-electron chi connectivity index (χ3n) is 4.47. The van der Waals surface area contributed by atoms with Gasteiger partial charge in [0.05, 0.1) is 0 Å². The van der Waals surface area contributed by atoms with Crippen molar-refractivity contribution >= 4 is 23.2 Å². The van der Waals surface area contributed by atoms with Gasteiger partial charge in [0.2, 0.25) is 5.91 Å². The minimum absolute atomic E-state index is 0.0644. The maximum absolute atomic E-state index is 12.5. The zero-order valence-corrected chi connectivity index (χ0v) is 18.4. The third-order valence-corrected chi connectivity index (χ3v) is 4.47. The molecule has 1 atom stereocenters. The van der Waals surface area contributed by atoms with Crippen LogP contribution in [0.5, 0.6) is 5.75 Å². The molecule has 2 aromatic rings. The van der Waals surface area contributed by atoms with Crippen molar-refractivity contribution in [2.24, 2.45) is 5.41 Å². The van der Waals surface area contributed by atoms with Crippen molar-refractivity contribution in [1.82, 2.24) is 0 Å². The van der Waals surface area contributed by atoms with E-state index in [0.29, 0.717) is 17.1 Å². The normalized spacial score (nSPS) is 12.8. The number of rotatable bonds is 5. The number of carbonyl (C=O) groups excluding carboxylic acids is 2. The van der Waals surface area contributed by atoms with Crippen molar-refractivity contribution in [2.75, 3.05) is 10.6 Å². The first kappa shape index (κ1) is 22.5. The van der Waals surface area contributed by atoms with E-state index in [2.05, 4.69) is 31.4 Å². The van der Waals surface area contributed by atoms with E-state index in [1.807, 2.05) is 45.0 Å². The van der Waals surface area contributed by atoms with Gasteiger partial charge in [-0.2, -0.15) is 0 Å². The number of amides is 2. The molecule has 0 fully saturated rings. The van der Waals surface area contributed by atoms with Crippen molar-refractivity contribution in [3.63, 3.8) is 0 Å². The van der Waals surface area contributed by atoms with Crippen LogP contribution in [-0.4, -0.2) is 17.9 Å². The molecule has 2 amide bonds. The van der Waals surface area contributed by atoms with Gasteiger partial charge in [0.1, 0.15) is 5.75 Å². The van der Waals surface area contributed by atoms with Gasteiger partial charge in [0.25, 0.3) is 5.91 Å². The van der Waals surface area contributed by atoms with Crippen LogP contribution in [0.4, 0.5) is 11.4 Å². The lowest BCUT2D eigenvalue weighted by atomic mass is 9.87. The summed E-state index contributed by atoms with van der Waals surface area (Å²) in [5.74, 6) is 0.299. The first-order chi connectivity index (χ1) is 13.4. The zero-order valence-electron chi connectivity index (χ0n) is 18.4. The van der Waals surface area contributed by atoms with Crippen LogP contribution in [0.3, 0.4) is 0 Å². The summed E-state index contributed by atoms with van der Waals surface area (Å²) in [6.45, 7) is 13.7. The minimum Gasteiger partial charge on any atom is -0.481 e. The number of benzene rings is 2. The molecule has 2 N–H and O–H groups in total. The van der Waals surface area contributed by atoms with E-state index < -0.39 is 11.5 Å². The van der Waals surface area contributed by atoms with E-state index in [4.69, 9.17) is 4.74 Å². The summed E-state index contributed by atoms with van der Waals surface area (Å²) < 4.78 is 5.77. The van der Waals surface area contributed by atoms with E-state index in [0.717, 1.165) is 0 Å². The average molecular weight is 397 g/mol. The molecule has 0 saturated carbocycles. The summed E-state index contributed by atoms with van der Waals surface area (Å²) in [7, 11) is 0. The summed E-state index contributed by atoms with van der Waals surface area (Å²) in [6.07, 6.45) is -0.664. The molecule has 0 bridgehead atoms. The first-order valence-corrected chi connectivity index (χ1v) is 9.86. The topological polar surface area (TPSA) is 67.4 Å². The molecule has 0 aliphatic carbocycles. The van der Waals surface area contributed by atoms with Crippen LogP contribution in [0.15, 0.2) is 48.5 Å². The third kappa shape index (κ3) is 6.63. The highest BCUT2D eigenvalue weighted by Gasteiger charge is 2.21. The molecule has 1 unspecified atom stereocenters. The molecule has 2 rings (SSSR count). The molecule has 5 nitrogen and oxygen atoms in total. The fourth-order valence-electron chi connectivity index (χ4n) is 2.53. The highest BCUT2D eigenvalue weighted by Crippen LogP contribution is 2.25. The Morgan fingerprint density at radius 2 is 1.41 bits per heavy atom. The Morgan fingerprint density at radius 1 is 0.862 bits per heavy atom. The second-order valence-electron chi connectivity index (χ2n) is 9.31. The van der Waals surface area contributed by atoms with Crippen LogP contribution in [0.25, 0.3) is 0 Å². The Kier molecular flexibility index (Phi) is 6.73. The first-order valence-electron chi connectivity index (χ1n) is 9.86. The lowest BCUT2D eigenvalue weighted by molar-refractivity contribution is -0.123. The lowest BCUT2D eigenvalue weighted by Gasteiger charge is -2.20. The number of anilines is 2. The van der Waals surface area contributed by atoms with Crippen LogP contribution in [0.1, 0.15) is 54.0 Å². The molecule has 5 heteroatoms. The highest BCUT2D eigenvalue weighted by molar-refractivity contribution is 5.97. The molecule has 0 spiro atoms. The van der Waals surface area contributed by atoms with E-state index in [1.54, 1.807) is 31.2 Å². The van der Waals surface area contributed by atoms with Gasteiger partial charge < -0.3 is 15.4 Å². The Balaban J connectivity index is 1.99. The number of hydrogen-bond acceptors (Lipinski definition) is 3. The van der Waals surface area contributed by atoms with Gasteiger partial charge in [-0.25, -0.2) is 0 Å². The molecule has 2 aromatic carbocycles. The van der Waals surface area contributed by atoms with Crippen molar-refractivity contribution in [3.05, 3.63) is 54.1 Å². The van der Waals surface area contributed by atoms with Gasteiger partial charge in [-0.1, -0.05) is 59.7 Å². The summed E-state index contributed by atoms with van der Waals surface area (Å²) >= 11 is 0. The summed E-state index contributed by atoms with van der Waals surface area (Å²) in [4.78, 5) is 24.7. The summed E-state index contributed by atoms with van der Waals surface area (Å²) in [6, 6.07) is 14.9. The SMILES string of the molecule is CC(Oc1ccc(C(C)(C)C)cc1)C(=O)Nc1cccc(NC(=O)C(C)(C)C)c1. The molecule has 0 aliphatic heterocycles. The Hall–Kier alpha value is -2.82. The second-order valence-corrected chi connectivity index (χ2v) is 9.31. The second kappa shape index (κ2) is 8.68. The predicted octanol–water partition coefficient (Wildman–Crippen LogP) is 5.37. The molecular formula is C24H32N2O3. The molecule has 0 radical (unpaired) electrons. The quantitative estimate of drug-likeness (QED) is 0.713. The smallest absolute Gasteiger partial charge is 0.265 e. The van der Waals surface area contributed by atoms with Gasteiger partial charge in [-0.3, -0.25) is 9.59 Å². The number of hydrogen-bond donors (Lipinski definition) is 2. The Bertz CT molecular complexity index is 859. The molecule has 0 aromatic heterocycles. The van der Waals surface area contributed by atoms with Crippen LogP contribution in [0, 0.1) is 5.41 Å². The van der Waals surface area contributed by atoms with Crippen molar-refractivity contribution in [1.29, 1.82) is 0 Å². The average Bonchev–Trinajstić information content (AvgIpc) is 2.60. The summed E-state index contributed by atoms with van der Waals surface area (Å²) in [5.41, 5.74) is 2.00. The monoisotopic (exact) mass is 396 g/mol. The number of ether oxygens (including phenoxy) is 1. The molecule has 156 valence electrons. The van der Waals surface area contributed by atoms with E-state index in [1.165, 1.54) is 5.56 Å². The molecule has 0 aliphatic rings. The lowest BCUT2D eigenvalue weighted by Crippen LogP contribution is -2.30. The van der Waals surface area contributed by atoms with Gasteiger partial charge in [-0.15, -0.1) is 0 Å². The fourth-order valence-corrected chi connectivity index (χ4v) is 2.53. The van der Waals surface area contributed by atoms with Crippen LogP contribution >= 0.6 is 0 Å². The highest BCUT2D eigenvalue weighted by atomic mass is 16.5. The maximum Gasteiger partial charge on any atom is 0.265 e. The van der Waals surface area contributed by atoms with E-state index >= 15 is 0 Å². The number of carbonyl (C=O) groups is 2.